The van der Waals surface area contributed by atoms with Gasteiger partial charge in [-0.05, 0) is 89.9 Å². The third-order valence-electron chi connectivity index (χ3n) is 15.8. The summed E-state index contributed by atoms with van der Waals surface area (Å²) in [5.41, 5.74) is 0. The third kappa shape index (κ3) is 42.8. The van der Waals surface area contributed by atoms with E-state index in [-0.39, 0.29) is 12.8 Å². The molecule has 1 heterocycles. The van der Waals surface area contributed by atoms with Crippen molar-refractivity contribution in [2.24, 2.45) is 0 Å². The van der Waals surface area contributed by atoms with Gasteiger partial charge in [0.2, 0.25) is 5.91 Å². The summed E-state index contributed by atoms with van der Waals surface area (Å²) in [6.07, 6.45) is 60.4. The molecule has 1 aliphatic heterocycles. The summed E-state index contributed by atoms with van der Waals surface area (Å²) in [4.78, 5) is 13.2. The van der Waals surface area contributed by atoms with Gasteiger partial charge in [-0.2, -0.15) is 0 Å². The van der Waals surface area contributed by atoms with E-state index in [0.717, 1.165) is 64.2 Å². The maximum Gasteiger partial charge on any atom is 0.249 e. The van der Waals surface area contributed by atoms with Gasteiger partial charge in [-0.15, -0.1) is 0 Å². The Balaban J connectivity index is 2.29. The molecule has 0 aromatic heterocycles. The Hall–Kier alpha value is -1.93. The van der Waals surface area contributed by atoms with Crippen molar-refractivity contribution in [2.45, 2.75) is 358 Å². The molecule has 0 saturated carbocycles. The van der Waals surface area contributed by atoms with Crippen LogP contribution < -0.4 is 5.32 Å². The van der Waals surface area contributed by atoms with Crippen LogP contribution >= 0.6 is 0 Å². The van der Waals surface area contributed by atoms with Crippen molar-refractivity contribution >= 4 is 5.91 Å². The van der Waals surface area contributed by atoms with Crippen molar-refractivity contribution < 1.29 is 50.0 Å². The average molecular weight is 1100 g/mol. The molecule has 1 amide bonds. The number of unbranched alkanes of at least 4 members (excludes halogenated alkanes) is 37. The second kappa shape index (κ2) is 55.6. The lowest BCUT2D eigenvalue weighted by molar-refractivity contribution is -0.303. The normalized spacial score (nSPS) is 19.7. The summed E-state index contributed by atoms with van der Waals surface area (Å²) >= 11 is 0. The van der Waals surface area contributed by atoms with Crippen LogP contribution in [-0.4, -0.2) is 110 Å². The molecule has 1 rings (SSSR count). The summed E-state index contributed by atoms with van der Waals surface area (Å²) in [6.45, 7) is 3.47. The fourth-order valence-corrected chi connectivity index (χ4v) is 10.5. The standard InChI is InChI=1S/C67H125NO10/c1-3-5-7-9-11-13-15-17-19-21-23-25-27-28-29-30-31-32-33-35-36-38-40-42-44-46-48-50-52-54-59(70)62(72)58(57-77-67-65(75)64(74)63(73)61(56-69)78-67)68-66(76)60(71)55-53-51-49-47-45-43-41-39-37-34-26-24-22-20-18-16-14-12-10-8-6-4-2/h32-33,37-40,46,48,58-65,67,69-75H,3-31,34-36,41-45,47,49-57H2,1-2H3,(H,68,76)/b33-32+,39-37-,40-38+,48-46+. The summed E-state index contributed by atoms with van der Waals surface area (Å²) in [5, 5.41) is 76.3. The van der Waals surface area contributed by atoms with Crippen molar-refractivity contribution in [2.75, 3.05) is 13.2 Å². The molecule has 0 spiro atoms. The van der Waals surface area contributed by atoms with Gasteiger partial charge in [0.25, 0.3) is 0 Å². The minimum Gasteiger partial charge on any atom is -0.394 e. The predicted molar refractivity (Wildman–Crippen MR) is 325 cm³/mol. The number of aliphatic hydroxyl groups is 7. The summed E-state index contributed by atoms with van der Waals surface area (Å²) in [5.74, 6) is -0.715. The number of amides is 1. The van der Waals surface area contributed by atoms with E-state index < -0.39 is 74.2 Å². The van der Waals surface area contributed by atoms with Crippen molar-refractivity contribution in [3.8, 4) is 0 Å². The van der Waals surface area contributed by atoms with Crippen LogP contribution in [-0.2, 0) is 14.3 Å². The Morgan fingerprint density at radius 2 is 0.769 bits per heavy atom. The van der Waals surface area contributed by atoms with Crippen LogP contribution in [0.15, 0.2) is 48.6 Å². The van der Waals surface area contributed by atoms with E-state index in [2.05, 4.69) is 67.8 Å². The summed E-state index contributed by atoms with van der Waals surface area (Å²) in [7, 11) is 0. The number of carbonyl (C=O) groups is 1. The molecular formula is C67H125NO10. The highest BCUT2D eigenvalue weighted by molar-refractivity contribution is 5.80. The molecular weight excluding hydrogens is 979 g/mol. The number of hydrogen-bond donors (Lipinski definition) is 8. The van der Waals surface area contributed by atoms with Gasteiger partial charge in [0.15, 0.2) is 6.29 Å². The molecule has 78 heavy (non-hydrogen) atoms. The minimum atomic E-state index is -1.68. The fraction of sp³-hybridized carbons (Fsp3) is 0.866. The zero-order valence-corrected chi connectivity index (χ0v) is 50.4. The number of carbonyl (C=O) groups excluding carboxylic acids is 1. The van der Waals surface area contributed by atoms with Gasteiger partial charge in [0.05, 0.1) is 25.4 Å². The summed E-state index contributed by atoms with van der Waals surface area (Å²) in [6, 6.07) is -1.20. The van der Waals surface area contributed by atoms with Crippen molar-refractivity contribution in [3.63, 3.8) is 0 Å². The predicted octanol–water partition coefficient (Wildman–Crippen LogP) is 15.2. The Morgan fingerprint density at radius 1 is 0.436 bits per heavy atom. The summed E-state index contributed by atoms with van der Waals surface area (Å²) < 4.78 is 11.2. The second-order valence-electron chi connectivity index (χ2n) is 23.2. The highest BCUT2D eigenvalue weighted by atomic mass is 16.7. The SMILES string of the molecule is CCCCCCCCCCCCCC/C=C\CCCCCCCCC(O)C(=O)NC(COC1OC(CO)C(O)C(O)C1O)C(O)C(O)CCC/C=C/CC/C=C/CC/C=C/CCCCCCCCCCCCCCCCCC. The first-order chi connectivity index (χ1) is 38.2. The average Bonchev–Trinajstić information content (AvgIpc) is 3.46. The largest absolute Gasteiger partial charge is 0.394 e. The minimum absolute atomic E-state index is 0.239. The van der Waals surface area contributed by atoms with E-state index in [1.54, 1.807) is 0 Å². The molecule has 1 fully saturated rings. The molecule has 8 N–H and O–H groups in total. The monoisotopic (exact) mass is 1100 g/mol. The number of allylic oxidation sites excluding steroid dienone is 8. The Labute approximate surface area is 479 Å². The van der Waals surface area contributed by atoms with Crippen molar-refractivity contribution in [1.82, 2.24) is 5.32 Å². The topological polar surface area (TPSA) is 189 Å². The first-order valence-corrected chi connectivity index (χ1v) is 33.0. The maximum absolute atomic E-state index is 13.2. The Kier molecular flexibility index (Phi) is 52.8. The first kappa shape index (κ1) is 74.1. The van der Waals surface area contributed by atoms with E-state index in [4.69, 9.17) is 9.47 Å². The van der Waals surface area contributed by atoms with Crippen LogP contribution in [0, 0.1) is 0 Å². The number of nitrogens with one attached hydrogen (secondary N) is 1. The third-order valence-corrected chi connectivity index (χ3v) is 15.8. The highest BCUT2D eigenvalue weighted by Gasteiger charge is 2.44. The zero-order valence-electron chi connectivity index (χ0n) is 50.4. The van der Waals surface area contributed by atoms with Gasteiger partial charge < -0.3 is 50.5 Å². The lowest BCUT2D eigenvalue weighted by Crippen LogP contribution is -2.60. The Bertz CT molecular complexity index is 1410. The van der Waals surface area contributed by atoms with E-state index in [1.807, 2.05) is 0 Å². The Morgan fingerprint density at radius 3 is 1.14 bits per heavy atom. The first-order valence-electron chi connectivity index (χ1n) is 33.0. The lowest BCUT2D eigenvalue weighted by Gasteiger charge is -2.40. The molecule has 458 valence electrons. The zero-order chi connectivity index (χ0) is 56.8. The van der Waals surface area contributed by atoms with Crippen LogP contribution in [0.2, 0.25) is 0 Å². The van der Waals surface area contributed by atoms with E-state index >= 15 is 0 Å². The fourth-order valence-electron chi connectivity index (χ4n) is 10.5. The lowest BCUT2D eigenvalue weighted by atomic mass is 9.98. The molecule has 0 aromatic carbocycles. The number of rotatable bonds is 57. The molecule has 9 atom stereocenters. The van der Waals surface area contributed by atoms with Crippen molar-refractivity contribution in [1.29, 1.82) is 0 Å². The molecule has 9 unspecified atom stereocenters. The van der Waals surface area contributed by atoms with Gasteiger partial charge in [-0.25, -0.2) is 0 Å². The van der Waals surface area contributed by atoms with Gasteiger partial charge in [0, 0.05) is 0 Å². The van der Waals surface area contributed by atoms with E-state index in [9.17, 15) is 40.5 Å². The number of ether oxygens (including phenoxy) is 2. The molecule has 0 bridgehead atoms. The second-order valence-corrected chi connectivity index (χ2v) is 23.2. The van der Waals surface area contributed by atoms with Gasteiger partial charge >= 0.3 is 0 Å². The number of hydrogen-bond acceptors (Lipinski definition) is 10. The van der Waals surface area contributed by atoms with Crippen LogP contribution in [0.5, 0.6) is 0 Å². The van der Waals surface area contributed by atoms with Crippen molar-refractivity contribution in [3.05, 3.63) is 48.6 Å². The van der Waals surface area contributed by atoms with E-state index in [0.29, 0.717) is 19.3 Å². The highest BCUT2D eigenvalue weighted by Crippen LogP contribution is 2.23. The van der Waals surface area contributed by atoms with Crippen LogP contribution in [0.3, 0.4) is 0 Å². The quantitative estimate of drug-likeness (QED) is 0.0215. The van der Waals surface area contributed by atoms with Crippen LogP contribution in [0.1, 0.15) is 303 Å². The number of aliphatic hydroxyl groups excluding tert-OH is 7. The molecule has 0 aromatic rings. The van der Waals surface area contributed by atoms with Gasteiger partial charge in [0.1, 0.15) is 36.6 Å². The molecule has 11 nitrogen and oxygen atoms in total. The van der Waals surface area contributed by atoms with Gasteiger partial charge in [-0.3, -0.25) is 4.79 Å². The van der Waals surface area contributed by atoms with Gasteiger partial charge in [-0.1, -0.05) is 262 Å². The van der Waals surface area contributed by atoms with E-state index in [1.165, 1.54) is 193 Å². The molecule has 11 heteroatoms. The van der Waals surface area contributed by atoms with Crippen LogP contribution in [0.4, 0.5) is 0 Å². The smallest absolute Gasteiger partial charge is 0.249 e. The molecule has 0 aliphatic carbocycles. The maximum atomic E-state index is 13.2. The molecule has 1 aliphatic rings. The molecule has 1 saturated heterocycles. The van der Waals surface area contributed by atoms with Crippen LogP contribution in [0.25, 0.3) is 0 Å². The molecule has 0 radical (unpaired) electrons.